The van der Waals surface area contributed by atoms with Crippen LogP contribution in [0.2, 0.25) is 0 Å². The summed E-state index contributed by atoms with van der Waals surface area (Å²) in [5.41, 5.74) is 0.609. The molecule has 90 valence electrons. The molecule has 0 aliphatic rings. The van der Waals surface area contributed by atoms with Crippen LogP contribution < -0.4 is 5.32 Å². The molecule has 2 heterocycles. The smallest absolute Gasteiger partial charge is 0.265 e. The number of amides is 1. The van der Waals surface area contributed by atoms with E-state index in [1.807, 2.05) is 17.5 Å². The van der Waals surface area contributed by atoms with E-state index in [-0.39, 0.29) is 12.5 Å². The van der Waals surface area contributed by atoms with E-state index in [0.717, 1.165) is 16.4 Å². The lowest BCUT2D eigenvalue weighted by molar-refractivity contribution is 0.0921. The molecule has 0 aliphatic heterocycles. The highest BCUT2D eigenvalue weighted by Crippen LogP contribution is 2.18. The summed E-state index contributed by atoms with van der Waals surface area (Å²) in [5, 5.41) is 18.1. The van der Waals surface area contributed by atoms with Gasteiger partial charge in [-0.25, -0.2) is 0 Å². The maximum Gasteiger partial charge on any atom is 0.265 e. The molecular formula is C10H11N3O2S2. The van der Waals surface area contributed by atoms with Crippen molar-refractivity contribution in [1.82, 2.24) is 14.9 Å². The third-order valence-electron chi connectivity index (χ3n) is 2.19. The number of aryl methyl sites for hydroxylation is 1. The van der Waals surface area contributed by atoms with Crippen molar-refractivity contribution in [2.45, 2.75) is 13.0 Å². The van der Waals surface area contributed by atoms with Gasteiger partial charge in [-0.2, -0.15) is 0 Å². The molecule has 0 fully saturated rings. The first kappa shape index (κ1) is 12.2. The number of carbonyl (C=O) groups excluding carboxylic acids is 1. The molecule has 0 saturated heterocycles. The van der Waals surface area contributed by atoms with Crippen molar-refractivity contribution in [2.75, 3.05) is 6.54 Å². The minimum absolute atomic E-state index is 0.191. The average molecular weight is 269 g/mol. The number of aliphatic hydroxyl groups excluding tert-OH is 1. The van der Waals surface area contributed by atoms with Crippen LogP contribution in [0.5, 0.6) is 0 Å². The Balaban J connectivity index is 1.91. The second-order valence-corrected chi connectivity index (χ2v) is 5.16. The molecule has 1 unspecified atom stereocenters. The number of aliphatic hydroxyl groups is 1. The zero-order chi connectivity index (χ0) is 12.3. The normalized spacial score (nSPS) is 12.4. The Hall–Kier alpha value is -1.31. The maximum absolute atomic E-state index is 11.7. The van der Waals surface area contributed by atoms with Gasteiger partial charge >= 0.3 is 0 Å². The standard InChI is InChI=1S/C10H11N3O2S2/c1-6-9(17-13-12-6)10(15)11-5-7(14)8-3-2-4-16-8/h2-4,7,14H,5H2,1H3,(H,11,15). The Morgan fingerprint density at radius 1 is 1.65 bits per heavy atom. The zero-order valence-electron chi connectivity index (χ0n) is 9.08. The van der Waals surface area contributed by atoms with E-state index in [2.05, 4.69) is 14.9 Å². The van der Waals surface area contributed by atoms with Crippen molar-refractivity contribution in [2.24, 2.45) is 0 Å². The van der Waals surface area contributed by atoms with Gasteiger partial charge < -0.3 is 10.4 Å². The number of aromatic nitrogens is 2. The van der Waals surface area contributed by atoms with Gasteiger partial charge in [0.25, 0.3) is 5.91 Å². The Morgan fingerprint density at radius 2 is 2.47 bits per heavy atom. The number of nitrogens with one attached hydrogen (secondary N) is 1. The summed E-state index contributed by atoms with van der Waals surface area (Å²) in [5.74, 6) is -0.242. The van der Waals surface area contributed by atoms with Crippen molar-refractivity contribution in [3.63, 3.8) is 0 Å². The molecule has 0 bridgehead atoms. The van der Waals surface area contributed by atoms with Gasteiger partial charge in [0.05, 0.1) is 5.69 Å². The number of hydrogen-bond acceptors (Lipinski definition) is 6. The van der Waals surface area contributed by atoms with E-state index in [9.17, 15) is 9.90 Å². The third-order valence-corrected chi connectivity index (χ3v) is 3.99. The van der Waals surface area contributed by atoms with Crippen LogP contribution in [0.25, 0.3) is 0 Å². The molecule has 2 aromatic heterocycles. The van der Waals surface area contributed by atoms with Crippen molar-refractivity contribution in [3.8, 4) is 0 Å². The number of thiophene rings is 1. The van der Waals surface area contributed by atoms with Gasteiger partial charge in [-0.3, -0.25) is 4.79 Å². The lowest BCUT2D eigenvalue weighted by Gasteiger charge is -2.09. The Bertz CT molecular complexity index is 495. The minimum atomic E-state index is -0.667. The van der Waals surface area contributed by atoms with Gasteiger partial charge in [0, 0.05) is 11.4 Å². The van der Waals surface area contributed by atoms with Gasteiger partial charge in [-0.1, -0.05) is 10.6 Å². The van der Waals surface area contributed by atoms with Crippen LogP contribution in [0.4, 0.5) is 0 Å². The Morgan fingerprint density at radius 3 is 3.06 bits per heavy atom. The van der Waals surface area contributed by atoms with Crippen molar-refractivity contribution in [1.29, 1.82) is 0 Å². The van der Waals surface area contributed by atoms with Crippen LogP contribution in [0.1, 0.15) is 26.3 Å². The highest BCUT2D eigenvalue weighted by atomic mass is 32.1. The van der Waals surface area contributed by atoms with E-state index in [0.29, 0.717) is 10.6 Å². The lowest BCUT2D eigenvalue weighted by atomic mass is 10.3. The summed E-state index contributed by atoms with van der Waals surface area (Å²) in [4.78, 5) is 13.0. The van der Waals surface area contributed by atoms with E-state index >= 15 is 0 Å². The molecule has 2 N–H and O–H groups in total. The minimum Gasteiger partial charge on any atom is -0.386 e. The summed E-state index contributed by atoms with van der Waals surface area (Å²) in [6.45, 7) is 1.92. The monoisotopic (exact) mass is 269 g/mol. The molecule has 17 heavy (non-hydrogen) atoms. The summed E-state index contributed by atoms with van der Waals surface area (Å²) >= 11 is 2.51. The molecule has 2 rings (SSSR count). The molecule has 1 amide bonds. The molecule has 0 saturated carbocycles. The second kappa shape index (κ2) is 5.35. The number of carbonyl (C=O) groups is 1. The highest BCUT2D eigenvalue weighted by molar-refractivity contribution is 7.10. The van der Waals surface area contributed by atoms with Gasteiger partial charge in [0.2, 0.25) is 0 Å². The van der Waals surface area contributed by atoms with E-state index in [4.69, 9.17) is 0 Å². The molecular weight excluding hydrogens is 258 g/mol. The SMILES string of the molecule is Cc1nnsc1C(=O)NCC(O)c1cccs1. The molecule has 0 aromatic carbocycles. The van der Waals surface area contributed by atoms with E-state index in [1.54, 1.807) is 6.92 Å². The number of rotatable bonds is 4. The summed E-state index contributed by atoms with van der Waals surface area (Å²) in [6.07, 6.45) is -0.667. The first-order valence-electron chi connectivity index (χ1n) is 4.97. The molecule has 1 atom stereocenters. The zero-order valence-corrected chi connectivity index (χ0v) is 10.7. The summed E-state index contributed by atoms with van der Waals surface area (Å²) in [7, 11) is 0. The maximum atomic E-state index is 11.7. The quantitative estimate of drug-likeness (QED) is 0.879. The fourth-order valence-corrected chi connectivity index (χ4v) is 2.58. The highest BCUT2D eigenvalue weighted by Gasteiger charge is 2.15. The molecule has 0 spiro atoms. The van der Waals surface area contributed by atoms with E-state index < -0.39 is 6.10 Å². The fourth-order valence-electron chi connectivity index (χ4n) is 1.29. The fraction of sp³-hybridized carbons (Fsp3) is 0.300. The van der Waals surface area contributed by atoms with Crippen molar-refractivity contribution < 1.29 is 9.90 Å². The van der Waals surface area contributed by atoms with Crippen LogP contribution in [0, 0.1) is 6.92 Å². The molecule has 5 nitrogen and oxygen atoms in total. The second-order valence-electron chi connectivity index (χ2n) is 3.43. The van der Waals surface area contributed by atoms with Crippen LogP contribution in [-0.2, 0) is 0 Å². The average Bonchev–Trinajstić information content (AvgIpc) is 2.95. The summed E-state index contributed by atoms with van der Waals surface area (Å²) < 4.78 is 3.69. The summed E-state index contributed by atoms with van der Waals surface area (Å²) in [6, 6.07) is 3.70. The van der Waals surface area contributed by atoms with E-state index in [1.165, 1.54) is 11.3 Å². The Labute approximate surface area is 106 Å². The van der Waals surface area contributed by atoms with Crippen LogP contribution in [-0.4, -0.2) is 27.1 Å². The molecule has 2 aromatic rings. The number of hydrogen-bond donors (Lipinski definition) is 2. The van der Waals surface area contributed by atoms with Crippen molar-refractivity contribution in [3.05, 3.63) is 33.0 Å². The first-order chi connectivity index (χ1) is 8.18. The molecule has 7 heteroatoms. The first-order valence-corrected chi connectivity index (χ1v) is 6.62. The topological polar surface area (TPSA) is 75.1 Å². The van der Waals surface area contributed by atoms with Crippen LogP contribution in [0.3, 0.4) is 0 Å². The molecule has 0 radical (unpaired) electrons. The van der Waals surface area contributed by atoms with Crippen LogP contribution in [0.15, 0.2) is 17.5 Å². The number of nitrogens with zero attached hydrogens (tertiary/aromatic N) is 2. The predicted octanol–water partition coefficient (Wildman–Crippen LogP) is 1.37. The van der Waals surface area contributed by atoms with Crippen molar-refractivity contribution >= 4 is 28.8 Å². The predicted molar refractivity (Wildman–Crippen MR) is 66.3 cm³/mol. The molecule has 0 aliphatic carbocycles. The Kier molecular flexibility index (Phi) is 3.82. The van der Waals surface area contributed by atoms with Gasteiger partial charge in [-0.05, 0) is 29.9 Å². The van der Waals surface area contributed by atoms with Crippen LogP contribution >= 0.6 is 22.9 Å². The lowest BCUT2D eigenvalue weighted by Crippen LogP contribution is -2.27. The van der Waals surface area contributed by atoms with Gasteiger partial charge in [0.1, 0.15) is 11.0 Å². The third kappa shape index (κ3) is 2.87. The largest absolute Gasteiger partial charge is 0.386 e. The van der Waals surface area contributed by atoms with Gasteiger partial charge in [-0.15, -0.1) is 16.4 Å². The van der Waals surface area contributed by atoms with Gasteiger partial charge in [0.15, 0.2) is 0 Å².